The molecule has 0 saturated heterocycles. The van der Waals surface area contributed by atoms with E-state index in [1.807, 2.05) is 30.3 Å². The fourth-order valence-electron chi connectivity index (χ4n) is 2.33. The number of amides is 1. The van der Waals surface area contributed by atoms with E-state index in [-0.39, 0.29) is 5.91 Å². The highest BCUT2D eigenvalue weighted by Crippen LogP contribution is 2.11. The van der Waals surface area contributed by atoms with Crippen molar-refractivity contribution >= 4 is 11.7 Å². The van der Waals surface area contributed by atoms with Crippen molar-refractivity contribution in [2.45, 2.75) is 19.9 Å². The molecule has 24 heavy (non-hydrogen) atoms. The molecule has 1 N–H and O–H groups in total. The first-order valence-electron chi connectivity index (χ1n) is 7.98. The monoisotopic (exact) mass is 328 g/mol. The molecule has 1 aromatic heterocycles. The molecule has 0 unspecified atom stereocenters. The molecule has 1 amide bonds. The minimum atomic E-state index is -0.121. The summed E-state index contributed by atoms with van der Waals surface area (Å²) < 4.78 is 5.02. The van der Waals surface area contributed by atoms with Gasteiger partial charge in [-0.05, 0) is 18.9 Å². The maximum absolute atomic E-state index is 12.6. The molecule has 6 nitrogen and oxygen atoms in total. The SMILES string of the molecule is COCCCNc1cc(C(=O)N(C)Cc2ccccc2)nc(C)n1. The van der Waals surface area contributed by atoms with E-state index in [9.17, 15) is 4.79 Å². The number of methoxy groups -OCH3 is 1. The molecule has 1 aromatic carbocycles. The van der Waals surface area contributed by atoms with Crippen LogP contribution < -0.4 is 5.32 Å². The topological polar surface area (TPSA) is 67.3 Å². The highest BCUT2D eigenvalue weighted by molar-refractivity contribution is 5.92. The Balaban J connectivity index is 2.03. The van der Waals surface area contributed by atoms with Crippen LogP contribution in [0.2, 0.25) is 0 Å². The zero-order valence-electron chi connectivity index (χ0n) is 14.5. The van der Waals surface area contributed by atoms with Crippen molar-refractivity contribution in [3.05, 3.63) is 53.5 Å². The van der Waals surface area contributed by atoms with Crippen LogP contribution in [0.4, 0.5) is 5.82 Å². The highest BCUT2D eigenvalue weighted by atomic mass is 16.5. The van der Waals surface area contributed by atoms with Gasteiger partial charge in [-0.25, -0.2) is 9.97 Å². The number of aryl methyl sites for hydroxylation is 1. The average molecular weight is 328 g/mol. The number of ether oxygens (including phenoxy) is 1. The van der Waals surface area contributed by atoms with Gasteiger partial charge in [0.05, 0.1) is 0 Å². The standard InChI is InChI=1S/C18H24N4O2/c1-14-20-16(12-17(21-14)19-10-7-11-24-3)18(23)22(2)13-15-8-5-4-6-9-15/h4-6,8-9,12H,7,10-11,13H2,1-3H3,(H,19,20,21). The summed E-state index contributed by atoms with van der Waals surface area (Å²) in [7, 11) is 3.45. The molecular weight excluding hydrogens is 304 g/mol. The Labute approximate surface area is 142 Å². The van der Waals surface area contributed by atoms with Gasteiger partial charge in [0.25, 0.3) is 5.91 Å². The number of nitrogens with one attached hydrogen (secondary N) is 1. The van der Waals surface area contributed by atoms with Crippen LogP contribution in [0.25, 0.3) is 0 Å². The summed E-state index contributed by atoms with van der Waals surface area (Å²) in [5, 5.41) is 3.20. The van der Waals surface area contributed by atoms with Gasteiger partial charge in [-0.15, -0.1) is 0 Å². The molecule has 128 valence electrons. The van der Waals surface area contributed by atoms with Crippen LogP contribution in [-0.2, 0) is 11.3 Å². The summed E-state index contributed by atoms with van der Waals surface area (Å²) in [6.45, 7) is 3.74. The fraction of sp³-hybridized carbons (Fsp3) is 0.389. The lowest BCUT2D eigenvalue weighted by molar-refractivity contribution is 0.0779. The molecule has 0 saturated carbocycles. The van der Waals surface area contributed by atoms with Gasteiger partial charge in [0.15, 0.2) is 0 Å². The minimum absolute atomic E-state index is 0.121. The molecule has 0 aliphatic rings. The van der Waals surface area contributed by atoms with Gasteiger partial charge in [0.2, 0.25) is 0 Å². The second-order valence-corrected chi connectivity index (χ2v) is 5.61. The number of rotatable bonds is 8. The number of aromatic nitrogens is 2. The molecule has 1 heterocycles. The van der Waals surface area contributed by atoms with E-state index in [4.69, 9.17) is 4.74 Å². The Morgan fingerprint density at radius 3 is 2.71 bits per heavy atom. The molecule has 0 bridgehead atoms. The second kappa shape index (κ2) is 8.98. The van der Waals surface area contributed by atoms with Crippen molar-refractivity contribution in [2.75, 3.05) is 32.6 Å². The molecule has 2 aromatic rings. The predicted molar refractivity (Wildman–Crippen MR) is 94.0 cm³/mol. The van der Waals surface area contributed by atoms with Crippen LogP contribution in [0.3, 0.4) is 0 Å². The minimum Gasteiger partial charge on any atom is -0.385 e. The Hall–Kier alpha value is -2.47. The van der Waals surface area contributed by atoms with Crippen molar-refractivity contribution in [3.8, 4) is 0 Å². The number of carbonyl (C=O) groups excluding carboxylic acids is 1. The first kappa shape index (κ1) is 17.9. The van der Waals surface area contributed by atoms with E-state index >= 15 is 0 Å². The Kier molecular flexibility index (Phi) is 6.69. The van der Waals surface area contributed by atoms with Gasteiger partial charge in [-0.3, -0.25) is 4.79 Å². The van der Waals surface area contributed by atoms with E-state index in [0.29, 0.717) is 30.5 Å². The Morgan fingerprint density at radius 1 is 1.25 bits per heavy atom. The normalized spacial score (nSPS) is 10.5. The van der Waals surface area contributed by atoms with Gasteiger partial charge in [-0.2, -0.15) is 0 Å². The predicted octanol–water partition coefficient (Wildman–Crippen LogP) is 2.51. The van der Waals surface area contributed by atoms with E-state index < -0.39 is 0 Å². The lowest BCUT2D eigenvalue weighted by Gasteiger charge is -2.17. The fourth-order valence-corrected chi connectivity index (χ4v) is 2.33. The van der Waals surface area contributed by atoms with E-state index in [1.165, 1.54) is 0 Å². The van der Waals surface area contributed by atoms with E-state index in [1.54, 1.807) is 32.0 Å². The summed E-state index contributed by atoms with van der Waals surface area (Å²) in [5.74, 6) is 1.11. The molecule has 0 spiro atoms. The third kappa shape index (κ3) is 5.31. The van der Waals surface area contributed by atoms with Crippen LogP contribution in [-0.4, -0.2) is 48.1 Å². The van der Waals surface area contributed by atoms with E-state index in [2.05, 4.69) is 15.3 Å². The van der Waals surface area contributed by atoms with Crippen molar-refractivity contribution in [3.63, 3.8) is 0 Å². The van der Waals surface area contributed by atoms with Crippen LogP contribution in [0.5, 0.6) is 0 Å². The number of hydrogen-bond acceptors (Lipinski definition) is 5. The number of benzene rings is 1. The quantitative estimate of drug-likeness (QED) is 0.754. The molecule has 0 aliphatic carbocycles. The lowest BCUT2D eigenvalue weighted by Crippen LogP contribution is -2.27. The summed E-state index contributed by atoms with van der Waals surface area (Å²) in [4.78, 5) is 22.9. The summed E-state index contributed by atoms with van der Waals surface area (Å²) >= 11 is 0. The first-order chi connectivity index (χ1) is 11.6. The Morgan fingerprint density at radius 2 is 2.00 bits per heavy atom. The molecule has 6 heteroatoms. The third-order valence-electron chi connectivity index (χ3n) is 3.50. The van der Waals surface area contributed by atoms with Crippen LogP contribution in [0.15, 0.2) is 36.4 Å². The number of anilines is 1. The zero-order chi connectivity index (χ0) is 17.4. The summed E-state index contributed by atoms with van der Waals surface area (Å²) in [5.41, 5.74) is 1.48. The summed E-state index contributed by atoms with van der Waals surface area (Å²) in [6, 6.07) is 11.6. The Bertz CT molecular complexity index is 661. The molecule has 2 rings (SSSR count). The molecule has 0 fully saturated rings. The molecule has 0 radical (unpaired) electrons. The molecular formula is C18H24N4O2. The van der Waals surface area contributed by atoms with Gasteiger partial charge in [0.1, 0.15) is 17.3 Å². The van der Waals surface area contributed by atoms with Crippen molar-refractivity contribution < 1.29 is 9.53 Å². The van der Waals surface area contributed by atoms with Gasteiger partial charge in [0, 0.05) is 39.9 Å². The number of carbonyl (C=O) groups is 1. The molecule has 0 aliphatic heterocycles. The highest BCUT2D eigenvalue weighted by Gasteiger charge is 2.15. The number of hydrogen-bond donors (Lipinski definition) is 1. The largest absolute Gasteiger partial charge is 0.385 e. The maximum Gasteiger partial charge on any atom is 0.272 e. The maximum atomic E-state index is 12.6. The smallest absolute Gasteiger partial charge is 0.272 e. The first-order valence-corrected chi connectivity index (χ1v) is 7.98. The van der Waals surface area contributed by atoms with Crippen LogP contribution in [0.1, 0.15) is 28.3 Å². The van der Waals surface area contributed by atoms with Crippen LogP contribution in [0, 0.1) is 6.92 Å². The van der Waals surface area contributed by atoms with Gasteiger partial charge in [-0.1, -0.05) is 30.3 Å². The summed E-state index contributed by atoms with van der Waals surface area (Å²) in [6.07, 6.45) is 0.872. The number of nitrogens with zero attached hydrogens (tertiary/aromatic N) is 3. The molecule has 0 atom stereocenters. The van der Waals surface area contributed by atoms with Gasteiger partial charge >= 0.3 is 0 Å². The van der Waals surface area contributed by atoms with Crippen LogP contribution >= 0.6 is 0 Å². The lowest BCUT2D eigenvalue weighted by atomic mass is 10.2. The zero-order valence-corrected chi connectivity index (χ0v) is 14.5. The second-order valence-electron chi connectivity index (χ2n) is 5.61. The van der Waals surface area contributed by atoms with E-state index in [0.717, 1.165) is 18.5 Å². The van der Waals surface area contributed by atoms with Gasteiger partial charge < -0.3 is 15.0 Å². The van der Waals surface area contributed by atoms with Crippen molar-refractivity contribution in [2.24, 2.45) is 0 Å². The van der Waals surface area contributed by atoms with Crippen molar-refractivity contribution in [1.82, 2.24) is 14.9 Å². The third-order valence-corrected chi connectivity index (χ3v) is 3.50. The van der Waals surface area contributed by atoms with Crippen molar-refractivity contribution in [1.29, 1.82) is 0 Å². The average Bonchev–Trinajstić information content (AvgIpc) is 2.58.